The van der Waals surface area contributed by atoms with E-state index in [1.807, 2.05) is 6.08 Å². The fraction of sp³-hybridized carbons (Fsp3) is 0.389. The number of allylic oxidation sites excluding steroid dienone is 1. The van der Waals surface area contributed by atoms with E-state index in [9.17, 15) is 37.5 Å². The highest BCUT2D eigenvalue weighted by Crippen LogP contribution is 2.49. The number of carbonyl (C=O) groups is 4. The lowest BCUT2D eigenvalue weighted by atomic mass is 9.82. The molecule has 7 rings (SSSR count). The lowest BCUT2D eigenvalue weighted by molar-refractivity contribution is -0.137. The Balaban J connectivity index is 1.21. The molecule has 0 unspecified atom stereocenters. The molecule has 53 heavy (non-hydrogen) atoms. The van der Waals surface area contributed by atoms with E-state index in [4.69, 9.17) is 21.4 Å². The number of nitrogens with zero attached hydrogens (tertiary/aromatic N) is 6. The lowest BCUT2D eigenvalue weighted by Crippen LogP contribution is -2.53. The van der Waals surface area contributed by atoms with Crippen LogP contribution < -0.4 is 5.32 Å². The quantitative estimate of drug-likeness (QED) is 0.448. The van der Waals surface area contributed by atoms with Gasteiger partial charge >= 0.3 is 6.18 Å². The smallest absolute Gasteiger partial charge is 0.416 e. The van der Waals surface area contributed by atoms with E-state index in [1.54, 1.807) is 22.8 Å². The van der Waals surface area contributed by atoms with Crippen molar-refractivity contribution in [3.05, 3.63) is 87.6 Å². The van der Waals surface area contributed by atoms with Gasteiger partial charge in [0, 0.05) is 45.7 Å². The molecule has 1 aromatic heterocycles. The second-order valence-corrected chi connectivity index (χ2v) is 13.8. The fourth-order valence-electron chi connectivity index (χ4n) is 7.50. The van der Waals surface area contributed by atoms with E-state index in [1.165, 1.54) is 35.2 Å². The fourth-order valence-corrected chi connectivity index (χ4v) is 7.73. The van der Waals surface area contributed by atoms with E-state index in [0.717, 1.165) is 23.8 Å². The molecular formula is C36H35ClF3N7O6. The van der Waals surface area contributed by atoms with Crippen LogP contribution in [-0.2, 0) is 25.3 Å². The summed E-state index contributed by atoms with van der Waals surface area (Å²) in [6.07, 6.45) is 1.20. The van der Waals surface area contributed by atoms with E-state index < -0.39 is 41.2 Å². The van der Waals surface area contributed by atoms with Gasteiger partial charge in [0.1, 0.15) is 23.7 Å². The molecule has 5 aliphatic rings. The molecule has 1 fully saturated rings. The number of hydrogen-bond acceptors (Lipinski definition) is 9. The first-order valence-corrected chi connectivity index (χ1v) is 17.4. The van der Waals surface area contributed by atoms with Crippen LogP contribution in [0.25, 0.3) is 0 Å². The van der Waals surface area contributed by atoms with Crippen LogP contribution in [0.15, 0.2) is 76.4 Å². The largest absolute Gasteiger partial charge is 0.505 e. The highest BCUT2D eigenvalue weighted by atomic mass is 35.5. The molecule has 13 nitrogen and oxygen atoms in total. The number of aromatic hydroxyl groups is 1. The molecule has 0 bridgehead atoms. The number of hydrazone groups is 1. The minimum atomic E-state index is -4.62. The van der Waals surface area contributed by atoms with Gasteiger partial charge in [-0.2, -0.15) is 23.3 Å². The predicted molar refractivity (Wildman–Crippen MR) is 185 cm³/mol. The minimum absolute atomic E-state index is 0.0239. The number of ether oxygens (including phenoxy) is 1. The van der Waals surface area contributed by atoms with Crippen LogP contribution in [0.3, 0.4) is 0 Å². The molecule has 5 aliphatic heterocycles. The monoisotopic (exact) mass is 753 g/mol. The first-order chi connectivity index (χ1) is 25.2. The molecule has 0 radical (unpaired) electrons. The maximum absolute atomic E-state index is 14.6. The van der Waals surface area contributed by atoms with E-state index in [-0.39, 0.29) is 66.1 Å². The Morgan fingerprint density at radius 2 is 1.87 bits per heavy atom. The Morgan fingerprint density at radius 1 is 1.11 bits per heavy atom. The molecule has 6 heterocycles. The second kappa shape index (κ2) is 13.6. The number of hydrogen-bond donors (Lipinski definition) is 2. The third kappa shape index (κ3) is 6.65. The van der Waals surface area contributed by atoms with Gasteiger partial charge in [-0.15, -0.1) is 0 Å². The molecule has 1 spiro atoms. The number of amides is 4. The summed E-state index contributed by atoms with van der Waals surface area (Å²) in [4.78, 5) is 62.6. The average Bonchev–Trinajstić information content (AvgIpc) is 3.41. The summed E-state index contributed by atoms with van der Waals surface area (Å²) in [7, 11) is 0. The minimum Gasteiger partial charge on any atom is -0.505 e. The van der Waals surface area contributed by atoms with Crippen molar-refractivity contribution in [1.29, 1.82) is 0 Å². The maximum Gasteiger partial charge on any atom is 0.416 e. The topological polar surface area (TPSA) is 148 Å². The molecule has 1 saturated heterocycles. The third-order valence-corrected chi connectivity index (χ3v) is 10.4. The first-order valence-electron chi connectivity index (χ1n) is 17.0. The zero-order chi connectivity index (χ0) is 37.8. The predicted octanol–water partition coefficient (Wildman–Crippen LogP) is 4.67. The SMILES string of the molecule is CC(=O)N1CCC=C(C2=NN3C(=O)C4=C([C@@H](C)OC45CCN(C(=O)c4ncccc4O)CC5)N(CC(=O)Nc4ccc(C(F)(F)F)cc4Cl)C3=CC2)C1. The number of pyridine rings is 1. The molecule has 278 valence electrons. The van der Waals surface area contributed by atoms with Crippen molar-refractivity contribution in [2.45, 2.75) is 57.4 Å². The number of rotatable bonds is 5. The number of likely N-dealkylation sites (tertiary alicyclic amines) is 1. The van der Waals surface area contributed by atoms with Crippen molar-refractivity contribution in [3.8, 4) is 5.75 Å². The summed E-state index contributed by atoms with van der Waals surface area (Å²) in [6, 6.07) is 5.52. The Bertz CT molecular complexity index is 2040. The standard InChI is InChI=1S/C36H35ClF3N7O6/c1-20-32-30(35(53-20)11-15-44(16-12-35)34(52)31-27(49)6-3-13-41-31)33(51)47-29(10-9-25(43-47)22-5-4-14-45(18-22)21(2)48)46(32)19-28(50)42-26-8-7-23(17-24(26)37)36(38,39)40/h3,5-8,10,13,17,20,49H,4,9,11-12,14-16,18-19H2,1-2H3,(H,42,50)/t20-/m1/s1. The van der Waals surface area contributed by atoms with Crippen molar-refractivity contribution >= 4 is 46.6 Å². The van der Waals surface area contributed by atoms with Gasteiger partial charge in [-0.05, 0) is 68.2 Å². The number of alkyl halides is 3. The summed E-state index contributed by atoms with van der Waals surface area (Å²) < 4.78 is 46.4. The number of halogens is 4. The second-order valence-electron chi connectivity index (χ2n) is 13.4. The van der Waals surface area contributed by atoms with E-state index in [2.05, 4.69) is 10.3 Å². The molecule has 2 aromatic rings. The number of nitrogens with one attached hydrogen (secondary N) is 1. The first kappa shape index (κ1) is 36.2. The van der Waals surface area contributed by atoms with Gasteiger partial charge in [0.05, 0.1) is 39.4 Å². The zero-order valence-electron chi connectivity index (χ0n) is 28.7. The molecule has 4 amide bonds. The average molecular weight is 754 g/mol. The number of anilines is 1. The van der Waals surface area contributed by atoms with Crippen molar-refractivity contribution < 1.29 is 42.2 Å². The van der Waals surface area contributed by atoms with Crippen LogP contribution in [0.4, 0.5) is 18.9 Å². The Hall–Kier alpha value is -5.22. The van der Waals surface area contributed by atoms with Gasteiger partial charge in [-0.25, -0.2) is 4.98 Å². The molecular weight excluding hydrogens is 719 g/mol. The van der Waals surface area contributed by atoms with Gasteiger partial charge in [0.15, 0.2) is 5.69 Å². The van der Waals surface area contributed by atoms with Crippen LogP contribution in [0.5, 0.6) is 5.75 Å². The van der Waals surface area contributed by atoms with Crippen LogP contribution in [0.1, 0.15) is 55.6 Å². The van der Waals surface area contributed by atoms with E-state index in [0.29, 0.717) is 43.2 Å². The molecule has 17 heteroatoms. The van der Waals surface area contributed by atoms with E-state index >= 15 is 0 Å². The Labute approximate surface area is 307 Å². The number of piperidine rings is 1. The highest BCUT2D eigenvalue weighted by Gasteiger charge is 2.56. The number of benzene rings is 1. The highest BCUT2D eigenvalue weighted by molar-refractivity contribution is 6.33. The summed E-state index contributed by atoms with van der Waals surface area (Å²) in [5.41, 5.74) is -0.144. The summed E-state index contributed by atoms with van der Waals surface area (Å²) >= 11 is 6.15. The zero-order valence-corrected chi connectivity index (χ0v) is 29.5. The molecule has 0 aliphatic carbocycles. The normalized spacial score (nSPS) is 21.2. The van der Waals surface area contributed by atoms with Gasteiger partial charge in [-0.1, -0.05) is 17.7 Å². The van der Waals surface area contributed by atoms with Crippen LogP contribution in [-0.4, -0.2) is 104 Å². The van der Waals surface area contributed by atoms with Crippen LogP contribution in [0.2, 0.25) is 5.02 Å². The summed E-state index contributed by atoms with van der Waals surface area (Å²) in [5.74, 6) is -1.59. The number of fused-ring (bicyclic) bond motifs is 2. The van der Waals surface area contributed by atoms with Crippen LogP contribution >= 0.6 is 11.6 Å². The molecule has 0 saturated carbocycles. The number of aromatic nitrogens is 1. The third-order valence-electron chi connectivity index (χ3n) is 10.1. The number of carbonyl (C=O) groups excluding carboxylic acids is 4. The molecule has 1 aromatic carbocycles. The van der Waals surface area contributed by atoms with Crippen molar-refractivity contribution in [1.82, 2.24) is 24.7 Å². The van der Waals surface area contributed by atoms with Gasteiger partial charge < -0.3 is 29.9 Å². The van der Waals surface area contributed by atoms with Crippen molar-refractivity contribution in [3.63, 3.8) is 0 Å². The molecule has 2 N–H and O–H groups in total. The van der Waals surface area contributed by atoms with Gasteiger partial charge in [0.25, 0.3) is 11.8 Å². The Kier molecular flexibility index (Phi) is 9.30. The van der Waals surface area contributed by atoms with Crippen molar-refractivity contribution in [2.75, 3.05) is 38.0 Å². The molecule has 1 atom stereocenters. The summed E-state index contributed by atoms with van der Waals surface area (Å²) in [5, 5.41) is 18.5. The van der Waals surface area contributed by atoms with Crippen LogP contribution in [0, 0.1) is 0 Å². The van der Waals surface area contributed by atoms with Gasteiger partial charge in [-0.3, -0.25) is 19.2 Å². The van der Waals surface area contributed by atoms with Crippen molar-refractivity contribution in [2.24, 2.45) is 5.10 Å². The lowest BCUT2D eigenvalue weighted by Gasteiger charge is -2.43. The Morgan fingerprint density at radius 3 is 2.55 bits per heavy atom. The van der Waals surface area contributed by atoms with Gasteiger partial charge in [0.2, 0.25) is 11.8 Å². The summed E-state index contributed by atoms with van der Waals surface area (Å²) in [6.45, 7) is 4.11. The maximum atomic E-state index is 14.6.